The van der Waals surface area contributed by atoms with Gasteiger partial charge in [0.05, 0.1) is 12.2 Å². The number of hydrogen-bond donors (Lipinski definition) is 1. The Morgan fingerprint density at radius 1 is 1.40 bits per heavy atom. The summed E-state index contributed by atoms with van der Waals surface area (Å²) in [6.07, 6.45) is 7.10. The fourth-order valence-electron chi connectivity index (χ4n) is 3.64. The molecule has 0 bridgehead atoms. The van der Waals surface area contributed by atoms with Gasteiger partial charge in [0, 0.05) is 38.1 Å². The fourth-order valence-corrected chi connectivity index (χ4v) is 3.64. The summed E-state index contributed by atoms with van der Waals surface area (Å²) in [5, 5.41) is 3.49. The molecule has 3 atom stereocenters. The van der Waals surface area contributed by atoms with E-state index >= 15 is 0 Å². The van der Waals surface area contributed by atoms with Crippen LogP contribution in [0.1, 0.15) is 36.4 Å². The second-order valence-corrected chi connectivity index (χ2v) is 6.15. The number of aryl methyl sites for hydroxylation is 1. The first-order chi connectivity index (χ1) is 9.72. The summed E-state index contributed by atoms with van der Waals surface area (Å²) in [5.41, 5.74) is 2.47. The molecule has 4 nitrogen and oxygen atoms in total. The number of aromatic nitrogens is 1. The Labute approximate surface area is 120 Å². The molecular formula is C16H24N2O2. The van der Waals surface area contributed by atoms with Crippen LogP contribution < -0.4 is 5.32 Å². The van der Waals surface area contributed by atoms with Crippen LogP contribution in [-0.2, 0) is 9.47 Å². The van der Waals surface area contributed by atoms with Gasteiger partial charge in [0.2, 0.25) is 0 Å². The molecule has 1 spiro atoms. The van der Waals surface area contributed by atoms with Crippen molar-refractivity contribution in [3.8, 4) is 0 Å². The Kier molecular flexibility index (Phi) is 4.06. The van der Waals surface area contributed by atoms with E-state index < -0.39 is 0 Å². The molecule has 2 fully saturated rings. The van der Waals surface area contributed by atoms with Gasteiger partial charge in [0.25, 0.3) is 0 Å². The van der Waals surface area contributed by atoms with E-state index in [2.05, 4.69) is 23.3 Å². The van der Waals surface area contributed by atoms with Crippen molar-refractivity contribution in [1.82, 2.24) is 10.3 Å². The van der Waals surface area contributed by atoms with Crippen LogP contribution in [0.2, 0.25) is 0 Å². The standard InChI is InChI=1S/C16H24N2O2/c1-12-7-14(10-18-9-12)15(17-2)13-3-5-20-16(8-13)4-6-19-11-16/h7,9-10,13,15,17H,3-6,8,11H2,1-2H3. The van der Waals surface area contributed by atoms with Crippen molar-refractivity contribution in [2.75, 3.05) is 26.9 Å². The maximum Gasteiger partial charge on any atom is 0.0940 e. The van der Waals surface area contributed by atoms with Gasteiger partial charge in [-0.15, -0.1) is 0 Å². The Bertz CT molecular complexity index is 458. The quantitative estimate of drug-likeness (QED) is 0.919. The second-order valence-electron chi connectivity index (χ2n) is 6.15. The molecule has 3 rings (SSSR count). The number of rotatable bonds is 3. The van der Waals surface area contributed by atoms with Gasteiger partial charge in [-0.3, -0.25) is 4.98 Å². The predicted octanol–water partition coefficient (Wildman–Crippen LogP) is 2.24. The van der Waals surface area contributed by atoms with Crippen LogP contribution in [0.15, 0.2) is 18.5 Å². The van der Waals surface area contributed by atoms with Gasteiger partial charge in [-0.25, -0.2) is 0 Å². The van der Waals surface area contributed by atoms with E-state index in [4.69, 9.17) is 9.47 Å². The first-order valence-electron chi connectivity index (χ1n) is 7.53. The molecule has 20 heavy (non-hydrogen) atoms. The first kappa shape index (κ1) is 14.0. The van der Waals surface area contributed by atoms with Crippen molar-refractivity contribution in [3.63, 3.8) is 0 Å². The molecule has 0 aliphatic carbocycles. The lowest BCUT2D eigenvalue weighted by Crippen LogP contribution is -2.43. The zero-order chi connectivity index (χ0) is 14.0. The van der Waals surface area contributed by atoms with E-state index in [1.165, 1.54) is 11.1 Å². The van der Waals surface area contributed by atoms with Crippen LogP contribution in [0.4, 0.5) is 0 Å². The Balaban J connectivity index is 1.78. The highest BCUT2D eigenvalue weighted by atomic mass is 16.6. The van der Waals surface area contributed by atoms with Gasteiger partial charge >= 0.3 is 0 Å². The van der Waals surface area contributed by atoms with E-state index in [1.54, 1.807) is 0 Å². The third kappa shape index (κ3) is 2.73. The van der Waals surface area contributed by atoms with Gasteiger partial charge in [0.15, 0.2) is 0 Å². The van der Waals surface area contributed by atoms with Crippen LogP contribution in [0.3, 0.4) is 0 Å². The highest BCUT2D eigenvalue weighted by Gasteiger charge is 2.43. The van der Waals surface area contributed by atoms with E-state index in [0.717, 1.165) is 39.1 Å². The third-order valence-corrected chi connectivity index (χ3v) is 4.64. The molecule has 1 aromatic heterocycles. The number of ether oxygens (including phenoxy) is 2. The van der Waals surface area contributed by atoms with Gasteiger partial charge < -0.3 is 14.8 Å². The molecule has 1 aromatic rings. The fraction of sp³-hybridized carbons (Fsp3) is 0.688. The molecule has 0 amide bonds. The Hall–Kier alpha value is -0.970. The van der Waals surface area contributed by atoms with E-state index in [9.17, 15) is 0 Å². The lowest BCUT2D eigenvalue weighted by molar-refractivity contribution is -0.103. The van der Waals surface area contributed by atoms with E-state index in [0.29, 0.717) is 12.0 Å². The number of hydrogen-bond acceptors (Lipinski definition) is 4. The number of nitrogens with zero attached hydrogens (tertiary/aromatic N) is 1. The van der Waals surface area contributed by atoms with Crippen molar-refractivity contribution in [1.29, 1.82) is 0 Å². The highest BCUT2D eigenvalue weighted by Crippen LogP contribution is 2.40. The Morgan fingerprint density at radius 3 is 3.00 bits per heavy atom. The summed E-state index contributed by atoms with van der Waals surface area (Å²) in [7, 11) is 2.04. The Morgan fingerprint density at radius 2 is 2.30 bits per heavy atom. The predicted molar refractivity (Wildman–Crippen MR) is 77.6 cm³/mol. The zero-order valence-electron chi connectivity index (χ0n) is 12.4. The van der Waals surface area contributed by atoms with Crippen molar-refractivity contribution in [2.45, 2.75) is 37.8 Å². The molecular weight excluding hydrogens is 252 g/mol. The van der Waals surface area contributed by atoms with E-state index in [-0.39, 0.29) is 5.60 Å². The summed E-state index contributed by atoms with van der Waals surface area (Å²) < 4.78 is 11.6. The minimum Gasteiger partial charge on any atom is -0.378 e. The van der Waals surface area contributed by atoms with Crippen LogP contribution in [0, 0.1) is 12.8 Å². The van der Waals surface area contributed by atoms with Gasteiger partial charge in [0.1, 0.15) is 0 Å². The van der Waals surface area contributed by atoms with Gasteiger partial charge in [-0.05, 0) is 43.9 Å². The van der Waals surface area contributed by atoms with Gasteiger partial charge in [-0.2, -0.15) is 0 Å². The summed E-state index contributed by atoms with van der Waals surface area (Å²) in [4.78, 5) is 4.34. The summed E-state index contributed by atoms with van der Waals surface area (Å²) in [6, 6.07) is 2.59. The third-order valence-electron chi connectivity index (χ3n) is 4.64. The molecule has 2 aliphatic rings. The molecule has 3 heterocycles. The average molecular weight is 276 g/mol. The molecule has 1 N–H and O–H groups in total. The smallest absolute Gasteiger partial charge is 0.0940 e. The minimum absolute atomic E-state index is 0.0325. The molecule has 110 valence electrons. The molecule has 2 saturated heterocycles. The largest absolute Gasteiger partial charge is 0.378 e. The van der Waals surface area contributed by atoms with Crippen LogP contribution in [0.25, 0.3) is 0 Å². The summed E-state index contributed by atoms with van der Waals surface area (Å²) in [5.74, 6) is 0.582. The van der Waals surface area contributed by atoms with Crippen LogP contribution in [-0.4, -0.2) is 37.5 Å². The monoisotopic (exact) mass is 276 g/mol. The zero-order valence-corrected chi connectivity index (χ0v) is 12.4. The number of nitrogens with one attached hydrogen (secondary N) is 1. The second kappa shape index (κ2) is 5.80. The minimum atomic E-state index is -0.0325. The molecule has 4 heteroatoms. The van der Waals surface area contributed by atoms with E-state index in [1.807, 2.05) is 19.4 Å². The molecule has 0 saturated carbocycles. The molecule has 0 aromatic carbocycles. The average Bonchev–Trinajstić information content (AvgIpc) is 2.88. The van der Waals surface area contributed by atoms with Crippen molar-refractivity contribution in [2.24, 2.45) is 5.92 Å². The molecule has 3 unspecified atom stereocenters. The normalized spacial score (nSPS) is 31.6. The van der Waals surface area contributed by atoms with Crippen molar-refractivity contribution in [3.05, 3.63) is 29.6 Å². The molecule has 0 radical (unpaired) electrons. The summed E-state index contributed by atoms with van der Waals surface area (Å²) >= 11 is 0. The highest BCUT2D eigenvalue weighted by molar-refractivity contribution is 5.21. The van der Waals surface area contributed by atoms with Gasteiger partial charge in [-0.1, -0.05) is 6.07 Å². The lowest BCUT2D eigenvalue weighted by Gasteiger charge is -2.40. The van der Waals surface area contributed by atoms with Crippen molar-refractivity contribution < 1.29 is 9.47 Å². The lowest BCUT2D eigenvalue weighted by atomic mass is 9.79. The SMILES string of the molecule is CNC(c1cncc(C)c1)C1CCOC2(CCOC2)C1. The topological polar surface area (TPSA) is 43.4 Å². The summed E-state index contributed by atoms with van der Waals surface area (Å²) in [6.45, 7) is 4.53. The first-order valence-corrected chi connectivity index (χ1v) is 7.53. The molecule has 2 aliphatic heterocycles. The maximum atomic E-state index is 6.04. The van der Waals surface area contributed by atoms with Crippen molar-refractivity contribution >= 4 is 0 Å². The number of pyridine rings is 1. The van der Waals surface area contributed by atoms with Crippen LogP contribution in [0.5, 0.6) is 0 Å². The maximum absolute atomic E-state index is 6.04. The van der Waals surface area contributed by atoms with Crippen LogP contribution >= 0.6 is 0 Å².